The molecule has 4 rings (SSSR count). The summed E-state index contributed by atoms with van der Waals surface area (Å²) in [6, 6.07) is 8.96. The minimum atomic E-state index is -0.340. The fourth-order valence-corrected chi connectivity index (χ4v) is 3.61. The standard InChI is InChI=1S/C20H21N5O2/c1-3-21-20(27)24-13-7-9-16-15(11-13)14-5-4-10-22-18(14)25(16)17-8-6-12(2)23-19(17)26/h4-5,7,9-11,17H,2-3,6,8H2,1H3,(H,23,26)(H2,21,24,27). The summed E-state index contributed by atoms with van der Waals surface area (Å²) in [5, 5.41) is 10.3. The lowest BCUT2D eigenvalue weighted by molar-refractivity contribution is -0.124. The first-order chi connectivity index (χ1) is 13.1. The highest BCUT2D eigenvalue weighted by Gasteiger charge is 2.29. The predicted molar refractivity (Wildman–Crippen MR) is 105 cm³/mol. The summed E-state index contributed by atoms with van der Waals surface area (Å²) in [5.41, 5.74) is 3.12. The van der Waals surface area contributed by atoms with E-state index in [4.69, 9.17) is 0 Å². The largest absolute Gasteiger partial charge is 0.338 e. The van der Waals surface area contributed by atoms with Crippen LogP contribution in [0.2, 0.25) is 0 Å². The van der Waals surface area contributed by atoms with Gasteiger partial charge in [0.25, 0.3) is 0 Å². The molecule has 1 unspecified atom stereocenters. The van der Waals surface area contributed by atoms with Crippen molar-refractivity contribution in [1.82, 2.24) is 20.2 Å². The number of fused-ring (bicyclic) bond motifs is 3. The van der Waals surface area contributed by atoms with E-state index in [-0.39, 0.29) is 18.0 Å². The normalized spacial score (nSPS) is 17.1. The lowest BCUT2D eigenvalue weighted by atomic mass is 10.0. The maximum atomic E-state index is 12.6. The summed E-state index contributed by atoms with van der Waals surface area (Å²) in [7, 11) is 0. The van der Waals surface area contributed by atoms with Crippen molar-refractivity contribution in [1.29, 1.82) is 0 Å². The van der Waals surface area contributed by atoms with Crippen LogP contribution in [0.5, 0.6) is 0 Å². The van der Waals surface area contributed by atoms with E-state index in [2.05, 4.69) is 27.5 Å². The van der Waals surface area contributed by atoms with Gasteiger partial charge in [0, 0.05) is 34.9 Å². The van der Waals surface area contributed by atoms with Crippen molar-refractivity contribution in [3.05, 3.63) is 48.8 Å². The number of urea groups is 1. The van der Waals surface area contributed by atoms with Crippen molar-refractivity contribution in [2.24, 2.45) is 0 Å². The Kier molecular flexibility index (Phi) is 4.27. The van der Waals surface area contributed by atoms with Gasteiger partial charge < -0.3 is 20.5 Å². The highest BCUT2D eigenvalue weighted by Crippen LogP contribution is 2.35. The van der Waals surface area contributed by atoms with Crippen LogP contribution in [0.4, 0.5) is 10.5 Å². The number of rotatable bonds is 3. The van der Waals surface area contributed by atoms with E-state index in [1.807, 2.05) is 41.8 Å². The van der Waals surface area contributed by atoms with E-state index in [0.29, 0.717) is 18.7 Å². The van der Waals surface area contributed by atoms with Gasteiger partial charge in [-0.05, 0) is 50.1 Å². The van der Waals surface area contributed by atoms with Crippen molar-refractivity contribution < 1.29 is 9.59 Å². The minimum Gasteiger partial charge on any atom is -0.338 e. The van der Waals surface area contributed by atoms with E-state index >= 15 is 0 Å². The van der Waals surface area contributed by atoms with Crippen LogP contribution in [0.1, 0.15) is 25.8 Å². The number of allylic oxidation sites excluding steroid dienone is 1. The summed E-state index contributed by atoms with van der Waals surface area (Å²) >= 11 is 0. The van der Waals surface area contributed by atoms with Crippen molar-refractivity contribution in [2.45, 2.75) is 25.8 Å². The van der Waals surface area contributed by atoms with Crippen molar-refractivity contribution in [3.8, 4) is 0 Å². The van der Waals surface area contributed by atoms with Crippen LogP contribution in [0, 0.1) is 0 Å². The summed E-state index contributed by atoms with van der Waals surface area (Å²) in [5.74, 6) is -0.0692. The van der Waals surface area contributed by atoms with E-state index < -0.39 is 0 Å². The third-order valence-corrected chi connectivity index (χ3v) is 4.79. The highest BCUT2D eigenvalue weighted by atomic mass is 16.2. The molecule has 0 aliphatic carbocycles. The summed E-state index contributed by atoms with van der Waals surface area (Å²) in [6.45, 7) is 6.28. The van der Waals surface area contributed by atoms with Crippen molar-refractivity contribution in [3.63, 3.8) is 0 Å². The maximum Gasteiger partial charge on any atom is 0.319 e. The van der Waals surface area contributed by atoms with Gasteiger partial charge in [-0.25, -0.2) is 9.78 Å². The van der Waals surface area contributed by atoms with E-state index in [0.717, 1.165) is 34.1 Å². The Balaban J connectivity index is 1.85. The molecule has 1 fully saturated rings. The van der Waals surface area contributed by atoms with Crippen LogP contribution >= 0.6 is 0 Å². The minimum absolute atomic E-state index is 0.0692. The number of nitrogens with one attached hydrogen (secondary N) is 3. The first-order valence-corrected chi connectivity index (χ1v) is 9.00. The average molecular weight is 363 g/mol. The molecule has 0 bridgehead atoms. The Hall–Kier alpha value is -3.35. The fraction of sp³-hybridized carbons (Fsp3) is 0.250. The lowest BCUT2D eigenvalue weighted by Crippen LogP contribution is -2.36. The number of benzene rings is 1. The second-order valence-corrected chi connectivity index (χ2v) is 6.61. The molecule has 3 aromatic rings. The van der Waals surface area contributed by atoms with Crippen molar-refractivity contribution >= 4 is 39.6 Å². The molecule has 1 atom stereocenters. The number of anilines is 1. The topological polar surface area (TPSA) is 88.1 Å². The molecule has 0 spiro atoms. The molecular weight excluding hydrogens is 342 g/mol. The van der Waals surface area contributed by atoms with E-state index in [9.17, 15) is 9.59 Å². The third kappa shape index (κ3) is 3.01. The molecule has 1 aromatic carbocycles. The van der Waals surface area contributed by atoms with Gasteiger partial charge in [-0.3, -0.25) is 4.79 Å². The van der Waals surface area contributed by atoms with Crippen LogP contribution in [-0.2, 0) is 4.79 Å². The molecule has 0 radical (unpaired) electrons. The number of piperidine rings is 1. The molecular formula is C20H21N5O2. The zero-order chi connectivity index (χ0) is 19.0. The number of carbonyl (C=O) groups is 2. The molecule has 0 saturated carbocycles. The number of hydrogen-bond donors (Lipinski definition) is 3. The van der Waals surface area contributed by atoms with E-state index in [1.54, 1.807) is 6.20 Å². The van der Waals surface area contributed by atoms with Crippen LogP contribution in [0.3, 0.4) is 0 Å². The molecule has 1 aliphatic rings. The fourth-order valence-electron chi connectivity index (χ4n) is 3.61. The first-order valence-electron chi connectivity index (χ1n) is 9.00. The van der Waals surface area contributed by atoms with Gasteiger partial charge in [-0.2, -0.15) is 0 Å². The number of amides is 3. The Labute approximate surface area is 156 Å². The summed E-state index contributed by atoms with van der Waals surface area (Å²) < 4.78 is 1.99. The molecule has 2 aromatic heterocycles. The summed E-state index contributed by atoms with van der Waals surface area (Å²) in [6.07, 6.45) is 3.14. The number of carbonyl (C=O) groups excluding carboxylic acids is 2. The Morgan fingerprint density at radius 1 is 1.37 bits per heavy atom. The lowest BCUT2D eigenvalue weighted by Gasteiger charge is -2.25. The molecule has 7 nitrogen and oxygen atoms in total. The number of hydrogen-bond acceptors (Lipinski definition) is 3. The third-order valence-electron chi connectivity index (χ3n) is 4.79. The quantitative estimate of drug-likeness (QED) is 0.667. The van der Waals surface area contributed by atoms with Crippen LogP contribution < -0.4 is 16.0 Å². The Morgan fingerprint density at radius 2 is 2.22 bits per heavy atom. The number of nitrogens with zero attached hydrogens (tertiary/aromatic N) is 2. The van der Waals surface area contributed by atoms with Crippen LogP contribution in [-0.4, -0.2) is 28.0 Å². The van der Waals surface area contributed by atoms with Gasteiger partial charge in [0.1, 0.15) is 11.7 Å². The Morgan fingerprint density at radius 3 is 3.00 bits per heavy atom. The molecule has 1 saturated heterocycles. The monoisotopic (exact) mass is 363 g/mol. The molecule has 138 valence electrons. The van der Waals surface area contributed by atoms with Gasteiger partial charge in [0.2, 0.25) is 5.91 Å². The number of aromatic nitrogens is 2. The molecule has 27 heavy (non-hydrogen) atoms. The molecule has 1 aliphatic heterocycles. The van der Waals surface area contributed by atoms with Gasteiger partial charge >= 0.3 is 6.03 Å². The summed E-state index contributed by atoms with van der Waals surface area (Å²) in [4.78, 5) is 29.0. The second kappa shape index (κ2) is 6.75. The predicted octanol–water partition coefficient (Wildman–Crippen LogP) is 3.30. The van der Waals surface area contributed by atoms with Crippen LogP contribution in [0.25, 0.3) is 21.9 Å². The zero-order valence-corrected chi connectivity index (χ0v) is 15.1. The SMILES string of the molecule is C=C1CCC(n2c3ccc(NC(=O)NCC)cc3c3cccnc32)C(=O)N1. The van der Waals surface area contributed by atoms with Gasteiger partial charge in [0.15, 0.2) is 0 Å². The molecule has 3 heterocycles. The van der Waals surface area contributed by atoms with Gasteiger partial charge in [-0.1, -0.05) is 6.58 Å². The van der Waals surface area contributed by atoms with Crippen molar-refractivity contribution in [2.75, 3.05) is 11.9 Å². The van der Waals surface area contributed by atoms with E-state index in [1.165, 1.54) is 0 Å². The Bertz CT molecular complexity index is 1070. The van der Waals surface area contributed by atoms with Gasteiger partial charge in [0.05, 0.1) is 5.52 Å². The molecule has 3 amide bonds. The zero-order valence-electron chi connectivity index (χ0n) is 15.1. The number of pyridine rings is 1. The maximum absolute atomic E-state index is 12.6. The first kappa shape index (κ1) is 17.1. The average Bonchev–Trinajstić information content (AvgIpc) is 2.96. The van der Waals surface area contributed by atoms with Gasteiger partial charge in [-0.15, -0.1) is 0 Å². The van der Waals surface area contributed by atoms with Crippen LogP contribution in [0.15, 0.2) is 48.8 Å². The molecule has 3 N–H and O–H groups in total. The second-order valence-electron chi connectivity index (χ2n) is 6.61. The molecule has 7 heteroatoms. The highest BCUT2D eigenvalue weighted by molar-refractivity contribution is 6.09. The smallest absolute Gasteiger partial charge is 0.319 e.